The summed E-state index contributed by atoms with van der Waals surface area (Å²) in [6.45, 7) is 8.24. The van der Waals surface area contributed by atoms with Crippen molar-refractivity contribution >= 4 is 29.2 Å². The van der Waals surface area contributed by atoms with E-state index in [1.165, 1.54) is 32.7 Å². The van der Waals surface area contributed by atoms with Crippen molar-refractivity contribution in [2.45, 2.75) is 6.92 Å². The number of likely N-dealkylation sites (N-methyl/N-ethyl adjacent to an activating group) is 1. The molecule has 0 aromatic heterocycles. The highest BCUT2D eigenvalue weighted by molar-refractivity contribution is 8.10. The Balaban J connectivity index is 0.000000261. The molecule has 0 aliphatic carbocycles. The van der Waals surface area contributed by atoms with Crippen molar-refractivity contribution < 1.29 is 0 Å². The molecule has 3 N–H and O–H groups in total. The number of hydrogen-bond acceptors (Lipinski definition) is 3. The molecule has 0 atom stereocenters. The number of piperazine rings is 1. The third-order valence-corrected chi connectivity index (χ3v) is 1.66. The second-order valence-electron chi connectivity index (χ2n) is 2.52. The average molecular weight is 207 g/mol. The van der Waals surface area contributed by atoms with Crippen molar-refractivity contribution in [3.8, 4) is 0 Å². The Kier molecular flexibility index (Phi) is 7.89. The largest absolute Gasteiger partial charge is 0.385 e. The predicted molar refractivity (Wildman–Crippen MR) is 60.8 cm³/mol. The van der Waals surface area contributed by atoms with Crippen LogP contribution in [0.1, 0.15) is 6.92 Å². The van der Waals surface area contributed by atoms with Crippen LogP contribution in [0.15, 0.2) is 0 Å². The Bertz CT molecular complexity index is 120. The van der Waals surface area contributed by atoms with Gasteiger partial charge in [-0.2, -0.15) is 0 Å². The van der Waals surface area contributed by atoms with Crippen LogP contribution in [-0.4, -0.2) is 41.9 Å². The average Bonchev–Trinajstić information content (AvgIpc) is 2.05. The van der Waals surface area contributed by atoms with Gasteiger partial charge in [-0.3, -0.25) is 0 Å². The minimum Gasteiger partial charge on any atom is -0.385 e. The molecule has 1 rings (SSSR count). The van der Waals surface area contributed by atoms with Gasteiger partial charge >= 0.3 is 0 Å². The van der Waals surface area contributed by atoms with Gasteiger partial charge in [-0.15, -0.1) is 12.6 Å². The van der Waals surface area contributed by atoms with Gasteiger partial charge in [0.05, 0.1) is 0 Å². The molecule has 1 fully saturated rings. The van der Waals surface area contributed by atoms with Crippen molar-refractivity contribution in [2.24, 2.45) is 5.73 Å². The van der Waals surface area contributed by atoms with Crippen molar-refractivity contribution in [2.75, 3.05) is 32.7 Å². The molecule has 0 aromatic rings. The zero-order valence-corrected chi connectivity index (χ0v) is 9.13. The molecule has 0 amide bonds. The molecule has 1 saturated heterocycles. The summed E-state index contributed by atoms with van der Waals surface area (Å²) in [5, 5.41) is 3.31. The van der Waals surface area contributed by atoms with Crippen molar-refractivity contribution in [1.29, 1.82) is 0 Å². The van der Waals surface area contributed by atoms with Crippen molar-refractivity contribution in [1.82, 2.24) is 10.2 Å². The lowest BCUT2D eigenvalue weighted by atomic mass is 10.4. The molecular weight excluding hydrogens is 190 g/mol. The lowest BCUT2D eigenvalue weighted by molar-refractivity contribution is 0.253. The molecular formula is C7H17N3S2. The van der Waals surface area contributed by atoms with Crippen LogP contribution in [0.5, 0.6) is 0 Å². The first kappa shape index (κ1) is 12.2. The van der Waals surface area contributed by atoms with Crippen LogP contribution < -0.4 is 11.1 Å². The summed E-state index contributed by atoms with van der Waals surface area (Å²) in [6.07, 6.45) is 0. The maximum Gasteiger partial charge on any atom is 0.128 e. The van der Waals surface area contributed by atoms with E-state index in [0.29, 0.717) is 0 Å². The molecule has 72 valence electrons. The van der Waals surface area contributed by atoms with E-state index in [9.17, 15) is 0 Å². The fourth-order valence-corrected chi connectivity index (χ4v) is 1.03. The van der Waals surface area contributed by atoms with Crippen LogP contribution in [-0.2, 0) is 0 Å². The first-order valence-electron chi connectivity index (χ1n) is 4.08. The molecule has 0 spiro atoms. The Hall–Kier alpha value is 0.160. The monoisotopic (exact) mass is 207 g/mol. The molecule has 0 saturated carbocycles. The lowest BCUT2D eigenvalue weighted by Gasteiger charge is -2.25. The van der Waals surface area contributed by atoms with E-state index in [2.05, 4.69) is 42.0 Å². The number of thiol groups is 1. The zero-order chi connectivity index (χ0) is 9.40. The fraction of sp³-hybridized carbons (Fsp3) is 0.857. The first-order valence-corrected chi connectivity index (χ1v) is 4.93. The number of nitrogens with one attached hydrogen (secondary N) is 1. The Morgan fingerprint density at radius 3 is 2.25 bits per heavy atom. The Morgan fingerprint density at radius 1 is 1.58 bits per heavy atom. The lowest BCUT2D eigenvalue weighted by Crippen LogP contribution is -2.43. The summed E-state index contributed by atoms with van der Waals surface area (Å²) < 4.78 is 0.194. The molecule has 1 aliphatic rings. The zero-order valence-electron chi connectivity index (χ0n) is 7.42. The normalized spacial score (nSPS) is 17.8. The number of nitrogens with two attached hydrogens (primary N) is 1. The van der Waals surface area contributed by atoms with Crippen LogP contribution in [0.25, 0.3) is 0 Å². The second-order valence-corrected chi connectivity index (χ2v) is 3.75. The standard InChI is InChI=1S/C6H14N2.CH3NS2/c1-2-8-5-3-7-4-6-8;2-1(3)4/h7H,2-6H2,1H3;(H3,2,3,4). The Labute approximate surface area is 85.1 Å². The quantitative estimate of drug-likeness (QED) is 0.420. The summed E-state index contributed by atoms with van der Waals surface area (Å²) in [5.41, 5.74) is 4.71. The van der Waals surface area contributed by atoms with Crippen LogP contribution in [0.3, 0.4) is 0 Å². The molecule has 1 aliphatic heterocycles. The van der Waals surface area contributed by atoms with Gasteiger partial charge in [-0.25, -0.2) is 0 Å². The molecule has 12 heavy (non-hydrogen) atoms. The second kappa shape index (κ2) is 7.79. The van der Waals surface area contributed by atoms with E-state index in [1.54, 1.807) is 0 Å². The maximum atomic E-state index is 4.71. The summed E-state index contributed by atoms with van der Waals surface area (Å²) in [6, 6.07) is 0. The van der Waals surface area contributed by atoms with Gasteiger partial charge in [0.25, 0.3) is 0 Å². The highest BCUT2D eigenvalue weighted by Crippen LogP contribution is 1.88. The van der Waals surface area contributed by atoms with Gasteiger partial charge in [-0.05, 0) is 6.54 Å². The third kappa shape index (κ3) is 8.26. The van der Waals surface area contributed by atoms with Gasteiger partial charge in [-0.1, -0.05) is 19.1 Å². The van der Waals surface area contributed by atoms with Gasteiger partial charge in [0.2, 0.25) is 0 Å². The molecule has 5 heteroatoms. The smallest absolute Gasteiger partial charge is 0.128 e. The van der Waals surface area contributed by atoms with Gasteiger partial charge in [0.15, 0.2) is 0 Å². The molecule has 0 bridgehead atoms. The van der Waals surface area contributed by atoms with Crippen LogP contribution in [0.4, 0.5) is 0 Å². The SMILES string of the molecule is CCN1CCNCC1.NC(=S)S. The molecule has 0 radical (unpaired) electrons. The van der Waals surface area contributed by atoms with E-state index < -0.39 is 0 Å². The summed E-state index contributed by atoms with van der Waals surface area (Å²) in [7, 11) is 0. The van der Waals surface area contributed by atoms with Crippen LogP contribution in [0.2, 0.25) is 0 Å². The van der Waals surface area contributed by atoms with Crippen LogP contribution in [0, 0.1) is 0 Å². The molecule has 0 unspecified atom stereocenters. The van der Waals surface area contributed by atoms with Gasteiger partial charge in [0, 0.05) is 26.2 Å². The van der Waals surface area contributed by atoms with Gasteiger partial charge in [0.1, 0.15) is 4.32 Å². The van der Waals surface area contributed by atoms with Crippen LogP contribution >= 0.6 is 24.8 Å². The van der Waals surface area contributed by atoms with E-state index in [-0.39, 0.29) is 4.32 Å². The predicted octanol–water partition coefficient (Wildman–Crippen LogP) is 0.0713. The first-order chi connectivity index (χ1) is 5.66. The minimum absolute atomic E-state index is 0.194. The van der Waals surface area contributed by atoms with E-state index >= 15 is 0 Å². The fourth-order valence-electron chi connectivity index (χ4n) is 1.03. The minimum atomic E-state index is 0.194. The Morgan fingerprint density at radius 2 is 2.00 bits per heavy atom. The highest BCUT2D eigenvalue weighted by Gasteiger charge is 2.04. The van der Waals surface area contributed by atoms with E-state index in [0.717, 1.165) is 0 Å². The molecule has 0 aromatic carbocycles. The molecule has 3 nitrogen and oxygen atoms in total. The number of thiocarbonyl (C=S) groups is 1. The van der Waals surface area contributed by atoms with Gasteiger partial charge < -0.3 is 16.0 Å². The van der Waals surface area contributed by atoms with Crippen molar-refractivity contribution in [3.05, 3.63) is 0 Å². The summed E-state index contributed by atoms with van der Waals surface area (Å²) >= 11 is 7.65. The maximum absolute atomic E-state index is 4.71. The summed E-state index contributed by atoms with van der Waals surface area (Å²) in [5.74, 6) is 0. The highest BCUT2D eigenvalue weighted by atomic mass is 32.1. The van der Waals surface area contributed by atoms with Crippen molar-refractivity contribution in [3.63, 3.8) is 0 Å². The third-order valence-electron chi connectivity index (χ3n) is 1.66. The summed E-state index contributed by atoms with van der Waals surface area (Å²) in [4.78, 5) is 2.45. The van der Waals surface area contributed by atoms with E-state index in [1.807, 2.05) is 0 Å². The topological polar surface area (TPSA) is 41.3 Å². The number of nitrogens with zero attached hydrogens (tertiary/aromatic N) is 1. The number of rotatable bonds is 1. The van der Waals surface area contributed by atoms with E-state index in [4.69, 9.17) is 5.73 Å². The number of hydrogen-bond donors (Lipinski definition) is 3. The molecule has 1 heterocycles.